The Hall–Kier alpha value is -0.930. The third-order valence-electron chi connectivity index (χ3n) is 3.58. The fraction of sp³-hybridized carbons (Fsp3) is 0.615. The number of nitrogens with two attached hydrogens (primary N) is 1. The second-order valence-electron chi connectivity index (χ2n) is 4.91. The van der Waals surface area contributed by atoms with Crippen molar-refractivity contribution < 1.29 is 0 Å². The molecular formula is C13H21N3. The number of rotatable bonds is 2. The molecule has 1 aliphatic heterocycles. The van der Waals surface area contributed by atoms with Crippen molar-refractivity contribution in [2.24, 2.45) is 5.73 Å². The van der Waals surface area contributed by atoms with Crippen LogP contribution in [-0.4, -0.2) is 28.5 Å². The van der Waals surface area contributed by atoms with Crippen LogP contribution in [-0.2, 0) is 6.54 Å². The third-order valence-corrected chi connectivity index (χ3v) is 3.58. The molecule has 88 valence electrons. The maximum Gasteiger partial charge on any atom is 0.0315 e. The lowest BCUT2D eigenvalue weighted by atomic mass is 9.98. The van der Waals surface area contributed by atoms with Gasteiger partial charge in [-0.1, -0.05) is 0 Å². The quantitative estimate of drug-likeness (QED) is 0.823. The highest BCUT2D eigenvalue weighted by atomic mass is 15.2. The van der Waals surface area contributed by atoms with Crippen LogP contribution in [0, 0.1) is 6.92 Å². The molecule has 2 unspecified atom stereocenters. The van der Waals surface area contributed by atoms with Gasteiger partial charge in [0.15, 0.2) is 0 Å². The normalized spacial score (nSPS) is 26.9. The highest BCUT2D eigenvalue weighted by Crippen LogP contribution is 2.19. The second-order valence-corrected chi connectivity index (χ2v) is 4.91. The van der Waals surface area contributed by atoms with E-state index >= 15 is 0 Å². The van der Waals surface area contributed by atoms with Crippen molar-refractivity contribution in [2.45, 2.75) is 45.3 Å². The molecule has 3 heteroatoms. The number of pyridine rings is 1. The van der Waals surface area contributed by atoms with Gasteiger partial charge in [0.2, 0.25) is 0 Å². The summed E-state index contributed by atoms with van der Waals surface area (Å²) in [4.78, 5) is 6.71. The van der Waals surface area contributed by atoms with Gasteiger partial charge in [-0.3, -0.25) is 9.88 Å². The molecule has 3 nitrogen and oxygen atoms in total. The van der Waals surface area contributed by atoms with Crippen LogP contribution in [0.2, 0.25) is 0 Å². The molecule has 1 fully saturated rings. The highest BCUT2D eigenvalue weighted by molar-refractivity contribution is 5.21. The van der Waals surface area contributed by atoms with Gasteiger partial charge in [0.25, 0.3) is 0 Å². The highest BCUT2D eigenvalue weighted by Gasteiger charge is 2.23. The number of hydrogen-bond acceptors (Lipinski definition) is 3. The van der Waals surface area contributed by atoms with Crippen molar-refractivity contribution in [3.05, 3.63) is 29.6 Å². The zero-order chi connectivity index (χ0) is 11.5. The fourth-order valence-electron chi connectivity index (χ4n) is 2.37. The van der Waals surface area contributed by atoms with Gasteiger partial charge >= 0.3 is 0 Å². The van der Waals surface area contributed by atoms with Crippen LogP contribution in [0.15, 0.2) is 18.5 Å². The number of nitrogens with zero attached hydrogens (tertiary/aromatic N) is 2. The number of aryl methyl sites for hydroxylation is 1. The van der Waals surface area contributed by atoms with Gasteiger partial charge in [0, 0.05) is 37.6 Å². The Morgan fingerprint density at radius 3 is 3.06 bits per heavy atom. The van der Waals surface area contributed by atoms with Gasteiger partial charge in [-0.05, 0) is 43.9 Å². The van der Waals surface area contributed by atoms with E-state index in [0.717, 1.165) is 25.9 Å². The molecule has 2 N–H and O–H groups in total. The molecule has 0 radical (unpaired) electrons. The SMILES string of the molecule is Cc1ccncc1CN1CCC(N)CC1C. The van der Waals surface area contributed by atoms with Gasteiger partial charge in [-0.2, -0.15) is 0 Å². The topological polar surface area (TPSA) is 42.2 Å². The van der Waals surface area contributed by atoms with Crippen LogP contribution >= 0.6 is 0 Å². The average Bonchev–Trinajstić information content (AvgIpc) is 2.25. The van der Waals surface area contributed by atoms with E-state index in [-0.39, 0.29) is 0 Å². The molecule has 2 rings (SSSR count). The fourth-order valence-corrected chi connectivity index (χ4v) is 2.37. The first kappa shape index (κ1) is 11.6. The number of aromatic nitrogens is 1. The summed E-state index contributed by atoms with van der Waals surface area (Å²) < 4.78 is 0. The summed E-state index contributed by atoms with van der Waals surface area (Å²) in [5, 5.41) is 0. The molecular weight excluding hydrogens is 198 g/mol. The van der Waals surface area contributed by atoms with Crippen molar-refractivity contribution in [1.29, 1.82) is 0 Å². The molecule has 0 amide bonds. The minimum Gasteiger partial charge on any atom is -0.328 e. The molecule has 2 atom stereocenters. The molecule has 0 saturated carbocycles. The number of likely N-dealkylation sites (tertiary alicyclic amines) is 1. The summed E-state index contributed by atoms with van der Waals surface area (Å²) in [6.45, 7) is 6.53. The lowest BCUT2D eigenvalue weighted by Crippen LogP contribution is -2.45. The summed E-state index contributed by atoms with van der Waals surface area (Å²) in [6.07, 6.45) is 6.06. The molecule has 1 aliphatic rings. The summed E-state index contributed by atoms with van der Waals surface area (Å²) in [6, 6.07) is 3.06. The van der Waals surface area contributed by atoms with E-state index in [1.165, 1.54) is 11.1 Å². The molecule has 0 aliphatic carbocycles. The van der Waals surface area contributed by atoms with Crippen LogP contribution < -0.4 is 5.73 Å². The van der Waals surface area contributed by atoms with Crippen molar-refractivity contribution in [1.82, 2.24) is 9.88 Å². The van der Waals surface area contributed by atoms with E-state index in [0.29, 0.717) is 12.1 Å². The molecule has 0 aromatic carbocycles. The predicted molar refractivity (Wildman–Crippen MR) is 66.1 cm³/mol. The van der Waals surface area contributed by atoms with Gasteiger partial charge in [0.05, 0.1) is 0 Å². The monoisotopic (exact) mass is 219 g/mol. The average molecular weight is 219 g/mol. The van der Waals surface area contributed by atoms with E-state index in [1.54, 1.807) is 0 Å². The standard InChI is InChI=1S/C13H21N3/c1-10-3-5-15-8-12(10)9-16-6-4-13(14)7-11(16)2/h3,5,8,11,13H,4,6-7,9,14H2,1-2H3. The zero-order valence-corrected chi connectivity index (χ0v) is 10.2. The van der Waals surface area contributed by atoms with E-state index < -0.39 is 0 Å². The third kappa shape index (κ3) is 2.60. The summed E-state index contributed by atoms with van der Waals surface area (Å²) in [7, 11) is 0. The largest absolute Gasteiger partial charge is 0.328 e. The Bertz CT molecular complexity index is 351. The van der Waals surface area contributed by atoms with Crippen LogP contribution in [0.4, 0.5) is 0 Å². The Morgan fingerprint density at radius 2 is 2.38 bits per heavy atom. The number of hydrogen-bond donors (Lipinski definition) is 1. The first-order valence-corrected chi connectivity index (χ1v) is 6.06. The lowest BCUT2D eigenvalue weighted by molar-refractivity contribution is 0.139. The van der Waals surface area contributed by atoms with Crippen LogP contribution in [0.1, 0.15) is 30.9 Å². The first-order chi connectivity index (χ1) is 7.66. The molecule has 1 aromatic heterocycles. The minimum atomic E-state index is 0.390. The number of piperidine rings is 1. The van der Waals surface area contributed by atoms with Crippen molar-refractivity contribution >= 4 is 0 Å². The summed E-state index contributed by atoms with van der Waals surface area (Å²) in [5.74, 6) is 0. The Labute approximate surface area is 97.7 Å². The second kappa shape index (κ2) is 4.93. The molecule has 1 saturated heterocycles. The molecule has 0 spiro atoms. The Morgan fingerprint density at radius 1 is 1.56 bits per heavy atom. The molecule has 1 aromatic rings. The smallest absolute Gasteiger partial charge is 0.0315 e. The molecule has 0 bridgehead atoms. The summed E-state index contributed by atoms with van der Waals surface area (Å²) in [5.41, 5.74) is 8.64. The zero-order valence-electron chi connectivity index (χ0n) is 10.2. The lowest BCUT2D eigenvalue weighted by Gasteiger charge is -2.36. The van der Waals surface area contributed by atoms with Crippen molar-refractivity contribution in [3.63, 3.8) is 0 Å². The first-order valence-electron chi connectivity index (χ1n) is 6.06. The van der Waals surface area contributed by atoms with Crippen LogP contribution in [0.3, 0.4) is 0 Å². The Kier molecular flexibility index (Phi) is 3.56. The van der Waals surface area contributed by atoms with Gasteiger partial charge in [-0.25, -0.2) is 0 Å². The molecule has 16 heavy (non-hydrogen) atoms. The van der Waals surface area contributed by atoms with Crippen LogP contribution in [0.5, 0.6) is 0 Å². The predicted octanol–water partition coefficient (Wildman–Crippen LogP) is 1.70. The Balaban J connectivity index is 2.02. The van der Waals surface area contributed by atoms with Crippen molar-refractivity contribution in [2.75, 3.05) is 6.54 Å². The van der Waals surface area contributed by atoms with E-state index in [9.17, 15) is 0 Å². The van der Waals surface area contributed by atoms with Crippen molar-refractivity contribution in [3.8, 4) is 0 Å². The van der Waals surface area contributed by atoms with Crippen LogP contribution in [0.25, 0.3) is 0 Å². The maximum absolute atomic E-state index is 5.97. The molecule has 2 heterocycles. The van der Waals surface area contributed by atoms with E-state index in [4.69, 9.17) is 5.73 Å². The maximum atomic E-state index is 5.97. The van der Waals surface area contributed by atoms with Gasteiger partial charge in [-0.15, -0.1) is 0 Å². The van der Waals surface area contributed by atoms with E-state index in [2.05, 4.69) is 29.8 Å². The van der Waals surface area contributed by atoms with Gasteiger partial charge < -0.3 is 5.73 Å². The van der Waals surface area contributed by atoms with E-state index in [1.807, 2.05) is 12.4 Å². The van der Waals surface area contributed by atoms with Gasteiger partial charge in [0.1, 0.15) is 0 Å². The minimum absolute atomic E-state index is 0.390. The summed E-state index contributed by atoms with van der Waals surface area (Å²) >= 11 is 0.